The molecule has 23 heavy (non-hydrogen) atoms. The molecular weight excluding hydrogens is 330 g/mol. The summed E-state index contributed by atoms with van der Waals surface area (Å²) in [5, 5.41) is 7.25. The fraction of sp³-hybridized carbons (Fsp3) is 0.364. The molecule has 1 atom stereocenters. The zero-order valence-electron chi connectivity index (χ0n) is 11.9. The molecule has 1 aromatic rings. The first-order valence-corrected chi connectivity index (χ1v) is 7.88. The van der Waals surface area contributed by atoms with Gasteiger partial charge in [-0.15, -0.1) is 4.28 Å². The highest BCUT2D eigenvalue weighted by Crippen LogP contribution is 2.27. The fourth-order valence-electron chi connectivity index (χ4n) is 2.47. The van der Waals surface area contributed by atoms with Crippen molar-refractivity contribution in [1.29, 1.82) is 0 Å². The van der Waals surface area contributed by atoms with Gasteiger partial charge in [0.1, 0.15) is 6.04 Å². The van der Waals surface area contributed by atoms with Gasteiger partial charge in [-0.2, -0.15) is 18.6 Å². The molecule has 3 heterocycles. The number of hydrogen-bond donors (Lipinski definition) is 2. The molecule has 3 rings (SSSR count). The Morgan fingerprint density at radius 1 is 1.52 bits per heavy atom. The van der Waals surface area contributed by atoms with Gasteiger partial charge in [0.15, 0.2) is 0 Å². The first kappa shape index (κ1) is 15.5. The standard InChI is InChI=1S/C11H13N5O6S/c1-7(17)13-8-3-12-15(4-8)9-2-10-6-14(5-9)11(18)16(10)22-23(19,20)21/h2-4,10H,5-6H2,1H3,(H,13,17)(H,19,20,21). The predicted octanol–water partition coefficient (Wildman–Crippen LogP) is -0.463. The second-order valence-corrected chi connectivity index (χ2v) is 6.08. The van der Waals surface area contributed by atoms with Gasteiger partial charge < -0.3 is 10.2 Å². The van der Waals surface area contributed by atoms with Crippen molar-refractivity contribution in [3.63, 3.8) is 0 Å². The number of urea groups is 1. The third-order valence-electron chi connectivity index (χ3n) is 3.28. The van der Waals surface area contributed by atoms with Crippen molar-refractivity contribution >= 4 is 33.7 Å². The van der Waals surface area contributed by atoms with E-state index in [0.717, 1.165) is 0 Å². The van der Waals surface area contributed by atoms with E-state index in [1.54, 1.807) is 12.3 Å². The van der Waals surface area contributed by atoms with Gasteiger partial charge in [0, 0.05) is 13.5 Å². The lowest BCUT2D eigenvalue weighted by Gasteiger charge is -2.20. The average molecular weight is 343 g/mol. The maximum Gasteiger partial charge on any atom is 0.418 e. The molecule has 124 valence electrons. The number of carbonyl (C=O) groups excluding carboxylic acids is 2. The monoisotopic (exact) mass is 343 g/mol. The van der Waals surface area contributed by atoms with Crippen LogP contribution in [0.1, 0.15) is 6.92 Å². The van der Waals surface area contributed by atoms with E-state index in [4.69, 9.17) is 4.55 Å². The van der Waals surface area contributed by atoms with Crippen LogP contribution < -0.4 is 5.32 Å². The van der Waals surface area contributed by atoms with Crippen LogP contribution in [0.3, 0.4) is 0 Å². The lowest BCUT2D eigenvalue weighted by molar-refractivity contribution is -0.114. The van der Waals surface area contributed by atoms with Crippen molar-refractivity contribution in [2.45, 2.75) is 13.0 Å². The Morgan fingerprint density at radius 2 is 2.26 bits per heavy atom. The van der Waals surface area contributed by atoms with Gasteiger partial charge in [-0.05, 0) is 6.08 Å². The van der Waals surface area contributed by atoms with Gasteiger partial charge in [0.2, 0.25) is 5.91 Å². The molecule has 0 aliphatic carbocycles. The Balaban J connectivity index is 1.83. The van der Waals surface area contributed by atoms with Gasteiger partial charge >= 0.3 is 16.4 Å². The Labute approximate surface area is 131 Å². The van der Waals surface area contributed by atoms with E-state index < -0.39 is 22.5 Å². The summed E-state index contributed by atoms with van der Waals surface area (Å²) in [5.41, 5.74) is 1.09. The van der Waals surface area contributed by atoms with Gasteiger partial charge in [-0.25, -0.2) is 9.48 Å². The van der Waals surface area contributed by atoms with Crippen LogP contribution >= 0.6 is 0 Å². The molecule has 2 aliphatic rings. The molecule has 0 radical (unpaired) electrons. The van der Waals surface area contributed by atoms with Crippen LogP contribution in [0.25, 0.3) is 5.70 Å². The Kier molecular flexibility index (Phi) is 3.58. The molecule has 1 aromatic heterocycles. The number of fused-ring (bicyclic) bond motifs is 2. The topological polar surface area (TPSA) is 134 Å². The molecule has 0 saturated carbocycles. The number of amides is 3. The summed E-state index contributed by atoms with van der Waals surface area (Å²) in [6, 6.07) is -1.35. The van der Waals surface area contributed by atoms with Crippen LogP contribution in [-0.4, -0.2) is 63.8 Å². The van der Waals surface area contributed by atoms with Crippen LogP contribution in [0.5, 0.6) is 0 Å². The Hall–Kier alpha value is -2.44. The van der Waals surface area contributed by atoms with Gasteiger partial charge in [0.05, 0.1) is 30.3 Å². The Bertz CT molecular complexity index is 800. The van der Waals surface area contributed by atoms with Crippen molar-refractivity contribution in [2.75, 3.05) is 18.4 Å². The molecule has 2 bridgehead atoms. The zero-order valence-corrected chi connectivity index (χ0v) is 12.7. The number of anilines is 1. The minimum Gasteiger partial charge on any atom is -0.324 e. The first-order valence-electron chi connectivity index (χ1n) is 6.51. The SMILES string of the molecule is CC(=O)Nc1cnn(C2=CC3CN(C2)C(=O)N3OS(=O)(=O)O)c1. The fourth-order valence-corrected chi connectivity index (χ4v) is 2.84. The average Bonchev–Trinajstić information content (AvgIpc) is 2.97. The van der Waals surface area contributed by atoms with Crippen LogP contribution in [0, 0.1) is 0 Å². The summed E-state index contributed by atoms with van der Waals surface area (Å²) in [5.74, 6) is -0.242. The van der Waals surface area contributed by atoms with Gasteiger partial charge in [0.25, 0.3) is 0 Å². The quantitative estimate of drug-likeness (QED) is 0.706. The highest BCUT2D eigenvalue weighted by Gasteiger charge is 2.43. The molecule has 11 nitrogen and oxygen atoms in total. The third-order valence-corrected chi connectivity index (χ3v) is 3.63. The second-order valence-electron chi connectivity index (χ2n) is 5.07. The van der Waals surface area contributed by atoms with Gasteiger partial charge in [-0.3, -0.25) is 9.35 Å². The van der Waals surface area contributed by atoms with E-state index in [0.29, 0.717) is 16.4 Å². The largest absolute Gasteiger partial charge is 0.418 e. The minimum atomic E-state index is -4.79. The van der Waals surface area contributed by atoms with Crippen molar-refractivity contribution in [3.05, 3.63) is 18.5 Å². The van der Waals surface area contributed by atoms with E-state index in [9.17, 15) is 18.0 Å². The van der Waals surface area contributed by atoms with E-state index in [-0.39, 0.29) is 19.0 Å². The summed E-state index contributed by atoms with van der Waals surface area (Å²) < 4.78 is 36.2. The summed E-state index contributed by atoms with van der Waals surface area (Å²) in [6.07, 6.45) is 4.62. The van der Waals surface area contributed by atoms with Crippen LogP contribution in [0.2, 0.25) is 0 Å². The number of aromatic nitrogens is 2. The van der Waals surface area contributed by atoms with E-state index in [1.165, 1.54) is 22.7 Å². The highest BCUT2D eigenvalue weighted by atomic mass is 32.3. The highest BCUT2D eigenvalue weighted by molar-refractivity contribution is 7.80. The lowest BCUT2D eigenvalue weighted by Crippen LogP contribution is -2.35. The van der Waals surface area contributed by atoms with E-state index in [2.05, 4.69) is 14.7 Å². The molecular formula is C11H13N5O6S. The number of carbonyl (C=O) groups is 2. The van der Waals surface area contributed by atoms with Crippen molar-refractivity contribution in [1.82, 2.24) is 19.7 Å². The molecule has 1 unspecified atom stereocenters. The molecule has 0 aromatic carbocycles. The first-order chi connectivity index (χ1) is 10.7. The summed E-state index contributed by atoms with van der Waals surface area (Å²) in [7, 11) is -4.79. The Morgan fingerprint density at radius 3 is 2.91 bits per heavy atom. The van der Waals surface area contributed by atoms with E-state index >= 15 is 0 Å². The summed E-state index contributed by atoms with van der Waals surface area (Å²) in [4.78, 5) is 24.4. The second kappa shape index (κ2) is 5.33. The van der Waals surface area contributed by atoms with E-state index in [1.807, 2.05) is 0 Å². The number of rotatable bonds is 4. The summed E-state index contributed by atoms with van der Waals surface area (Å²) >= 11 is 0. The molecule has 12 heteroatoms. The summed E-state index contributed by atoms with van der Waals surface area (Å²) in [6.45, 7) is 1.78. The number of nitrogens with one attached hydrogen (secondary N) is 1. The molecule has 2 N–H and O–H groups in total. The van der Waals surface area contributed by atoms with Crippen molar-refractivity contribution < 1.29 is 26.8 Å². The molecule has 0 spiro atoms. The predicted molar refractivity (Wildman–Crippen MR) is 76.0 cm³/mol. The number of hydroxylamine groups is 2. The maximum absolute atomic E-state index is 12.0. The lowest BCUT2D eigenvalue weighted by atomic mass is 10.2. The van der Waals surface area contributed by atoms with Crippen LogP contribution in [0.15, 0.2) is 18.5 Å². The normalized spacial score (nSPS) is 20.7. The number of hydrogen-bond acceptors (Lipinski definition) is 6. The smallest absolute Gasteiger partial charge is 0.324 e. The van der Waals surface area contributed by atoms with Crippen molar-refractivity contribution in [2.24, 2.45) is 0 Å². The number of nitrogens with zero attached hydrogens (tertiary/aromatic N) is 4. The molecule has 2 aliphatic heterocycles. The van der Waals surface area contributed by atoms with Gasteiger partial charge in [-0.1, -0.05) is 0 Å². The molecule has 1 fully saturated rings. The van der Waals surface area contributed by atoms with Crippen LogP contribution in [0.4, 0.5) is 10.5 Å². The third kappa shape index (κ3) is 3.18. The maximum atomic E-state index is 12.0. The minimum absolute atomic E-state index is 0.182. The van der Waals surface area contributed by atoms with Crippen molar-refractivity contribution in [3.8, 4) is 0 Å². The molecule has 3 amide bonds. The van der Waals surface area contributed by atoms with Crippen LogP contribution in [-0.2, 0) is 19.5 Å². The zero-order chi connectivity index (χ0) is 16.8. The molecule has 1 saturated heterocycles.